The van der Waals surface area contributed by atoms with Crippen LogP contribution in [0, 0.1) is 0 Å². The molecule has 5 nitrogen and oxygen atoms in total. The Morgan fingerprint density at radius 1 is 1.33 bits per heavy atom. The minimum absolute atomic E-state index is 0.00995. The molecule has 0 saturated carbocycles. The summed E-state index contributed by atoms with van der Waals surface area (Å²) in [6, 6.07) is 5.80. The van der Waals surface area contributed by atoms with Gasteiger partial charge in [-0.25, -0.2) is 4.79 Å². The summed E-state index contributed by atoms with van der Waals surface area (Å²) in [5.74, 6) is -1.61. The number of rotatable bonds is 6. The second kappa shape index (κ2) is 7.03. The quantitative estimate of drug-likeness (QED) is 0.670. The van der Waals surface area contributed by atoms with Gasteiger partial charge in [-0.1, -0.05) is 0 Å². The zero-order valence-corrected chi connectivity index (χ0v) is 10.7. The molecule has 0 fully saturated rings. The van der Waals surface area contributed by atoms with Gasteiger partial charge in [0.25, 0.3) is 5.91 Å². The summed E-state index contributed by atoms with van der Waals surface area (Å²) in [4.78, 5) is 23.6. The molecule has 1 rings (SSSR count). The van der Waals surface area contributed by atoms with Crippen LogP contribution in [-0.2, 0) is 4.79 Å². The second-order valence-corrected chi connectivity index (χ2v) is 4.48. The predicted octanol–water partition coefficient (Wildman–Crippen LogP) is 0.974. The smallest absolute Gasteiger partial charge is 0.326 e. The number of amides is 1. The van der Waals surface area contributed by atoms with Gasteiger partial charge in [0.05, 0.1) is 0 Å². The van der Waals surface area contributed by atoms with Gasteiger partial charge in [0.15, 0.2) is 0 Å². The van der Waals surface area contributed by atoms with Crippen molar-refractivity contribution >= 4 is 23.6 Å². The summed E-state index contributed by atoms with van der Waals surface area (Å²) >= 11 is 1.56. The number of carboxylic acid groups (broad SMARTS) is 1. The zero-order chi connectivity index (χ0) is 13.5. The zero-order valence-electron chi connectivity index (χ0n) is 9.92. The van der Waals surface area contributed by atoms with Crippen molar-refractivity contribution in [1.29, 1.82) is 0 Å². The minimum atomic E-state index is -1.15. The number of benzene rings is 1. The van der Waals surface area contributed by atoms with Gasteiger partial charge in [-0.15, -0.1) is 11.8 Å². The fourth-order valence-corrected chi connectivity index (χ4v) is 1.78. The molecule has 0 aromatic heterocycles. The van der Waals surface area contributed by atoms with Gasteiger partial charge in [0, 0.05) is 23.5 Å². The van der Waals surface area contributed by atoms with Crippen LogP contribution in [-0.4, -0.2) is 41.0 Å². The van der Waals surface area contributed by atoms with E-state index in [0.717, 1.165) is 4.90 Å². The van der Waals surface area contributed by atoms with Crippen LogP contribution in [0.5, 0.6) is 0 Å². The summed E-state index contributed by atoms with van der Waals surface area (Å²) in [6.07, 6.45) is 1.92. The number of carbonyl (C=O) groups excluding carboxylic acids is 1. The van der Waals surface area contributed by atoms with E-state index in [-0.39, 0.29) is 13.0 Å². The number of carbonyl (C=O) groups is 2. The third kappa shape index (κ3) is 4.05. The van der Waals surface area contributed by atoms with Crippen molar-refractivity contribution in [3.8, 4) is 0 Å². The molecule has 0 aliphatic carbocycles. The monoisotopic (exact) mass is 269 g/mol. The number of nitrogens with one attached hydrogen (secondary N) is 1. The Morgan fingerprint density at radius 3 is 2.39 bits per heavy atom. The fraction of sp³-hybridized carbons (Fsp3) is 0.333. The number of carboxylic acids is 1. The van der Waals surface area contributed by atoms with Crippen LogP contribution in [0.25, 0.3) is 0 Å². The Hall–Kier alpha value is -1.53. The van der Waals surface area contributed by atoms with E-state index in [1.165, 1.54) is 0 Å². The van der Waals surface area contributed by atoms with Crippen LogP contribution in [0.3, 0.4) is 0 Å². The van der Waals surface area contributed by atoms with E-state index in [9.17, 15) is 9.59 Å². The highest BCUT2D eigenvalue weighted by Gasteiger charge is 2.19. The van der Waals surface area contributed by atoms with Gasteiger partial charge in [-0.3, -0.25) is 4.79 Å². The predicted molar refractivity (Wildman–Crippen MR) is 68.8 cm³/mol. The molecule has 1 aromatic carbocycles. The van der Waals surface area contributed by atoms with Gasteiger partial charge in [0.2, 0.25) is 0 Å². The molecule has 1 amide bonds. The molecule has 0 saturated heterocycles. The number of aliphatic hydroxyl groups is 1. The lowest BCUT2D eigenvalue weighted by molar-refractivity contribution is -0.139. The lowest BCUT2D eigenvalue weighted by Gasteiger charge is -2.13. The standard InChI is InChI=1S/C12H15NO4S/c1-18-9-4-2-8(3-5-9)11(15)13-10(6-7-14)12(16)17/h2-5,10,14H,6-7H2,1H3,(H,13,15)(H,16,17). The van der Waals surface area contributed by atoms with Crippen molar-refractivity contribution in [3.05, 3.63) is 29.8 Å². The van der Waals surface area contributed by atoms with Crippen LogP contribution < -0.4 is 5.32 Å². The number of hydrogen-bond donors (Lipinski definition) is 3. The molecule has 98 valence electrons. The first-order chi connectivity index (χ1) is 8.58. The van der Waals surface area contributed by atoms with Gasteiger partial charge in [-0.05, 0) is 30.5 Å². The minimum Gasteiger partial charge on any atom is -0.480 e. The Labute approximate surface area is 109 Å². The highest BCUT2D eigenvalue weighted by Crippen LogP contribution is 2.14. The summed E-state index contributed by atoms with van der Waals surface area (Å²) in [7, 11) is 0. The van der Waals surface area contributed by atoms with Crippen LogP contribution in [0.15, 0.2) is 29.2 Å². The number of thioether (sulfide) groups is 1. The van der Waals surface area contributed by atoms with E-state index in [2.05, 4.69) is 5.32 Å². The summed E-state index contributed by atoms with van der Waals surface area (Å²) < 4.78 is 0. The van der Waals surface area contributed by atoms with Crippen LogP contribution >= 0.6 is 11.8 Å². The largest absolute Gasteiger partial charge is 0.480 e. The van der Waals surface area contributed by atoms with Gasteiger partial charge >= 0.3 is 5.97 Å². The summed E-state index contributed by atoms with van der Waals surface area (Å²) in [5, 5.41) is 19.9. The number of aliphatic carboxylic acids is 1. The number of aliphatic hydroxyl groups excluding tert-OH is 1. The highest BCUT2D eigenvalue weighted by atomic mass is 32.2. The van der Waals surface area contributed by atoms with E-state index < -0.39 is 17.9 Å². The molecule has 0 heterocycles. The molecule has 6 heteroatoms. The average Bonchev–Trinajstić information content (AvgIpc) is 2.38. The Balaban J connectivity index is 2.70. The maximum absolute atomic E-state index is 11.8. The summed E-state index contributed by atoms with van der Waals surface area (Å²) in [6.45, 7) is -0.289. The number of hydrogen-bond acceptors (Lipinski definition) is 4. The molecule has 18 heavy (non-hydrogen) atoms. The third-order valence-corrected chi connectivity index (χ3v) is 3.12. The second-order valence-electron chi connectivity index (χ2n) is 3.61. The van der Waals surface area contributed by atoms with E-state index in [1.54, 1.807) is 36.0 Å². The third-order valence-electron chi connectivity index (χ3n) is 2.37. The van der Waals surface area contributed by atoms with Crippen molar-refractivity contribution < 1.29 is 19.8 Å². The molecule has 1 atom stereocenters. The highest BCUT2D eigenvalue weighted by molar-refractivity contribution is 7.98. The first-order valence-corrected chi connectivity index (χ1v) is 6.59. The maximum Gasteiger partial charge on any atom is 0.326 e. The molecular formula is C12H15NO4S. The lowest BCUT2D eigenvalue weighted by Crippen LogP contribution is -2.41. The molecule has 0 aliphatic rings. The Morgan fingerprint density at radius 2 is 1.94 bits per heavy atom. The lowest BCUT2D eigenvalue weighted by atomic mass is 10.1. The normalized spacial score (nSPS) is 11.9. The van der Waals surface area contributed by atoms with Crippen molar-refractivity contribution in [3.63, 3.8) is 0 Å². The van der Waals surface area contributed by atoms with Crippen molar-refractivity contribution in [1.82, 2.24) is 5.32 Å². The average molecular weight is 269 g/mol. The molecule has 0 bridgehead atoms. The summed E-state index contributed by atoms with van der Waals surface area (Å²) in [5.41, 5.74) is 0.400. The molecule has 3 N–H and O–H groups in total. The van der Waals surface area contributed by atoms with Crippen LogP contribution in [0.4, 0.5) is 0 Å². The molecule has 1 unspecified atom stereocenters. The molecule has 0 spiro atoms. The van der Waals surface area contributed by atoms with Crippen LogP contribution in [0.1, 0.15) is 16.8 Å². The van der Waals surface area contributed by atoms with Crippen molar-refractivity contribution in [2.75, 3.05) is 12.9 Å². The van der Waals surface area contributed by atoms with Gasteiger partial charge in [-0.2, -0.15) is 0 Å². The molecule has 1 aromatic rings. The molecular weight excluding hydrogens is 254 g/mol. The van der Waals surface area contributed by atoms with Gasteiger partial charge in [0.1, 0.15) is 6.04 Å². The van der Waals surface area contributed by atoms with E-state index in [4.69, 9.17) is 10.2 Å². The first kappa shape index (κ1) is 14.5. The Kier molecular flexibility index (Phi) is 5.67. The SMILES string of the molecule is CSc1ccc(C(=O)NC(CCO)C(=O)O)cc1. The van der Waals surface area contributed by atoms with Crippen LogP contribution in [0.2, 0.25) is 0 Å². The van der Waals surface area contributed by atoms with Crippen molar-refractivity contribution in [2.24, 2.45) is 0 Å². The fourth-order valence-electron chi connectivity index (χ4n) is 1.37. The van der Waals surface area contributed by atoms with Crippen molar-refractivity contribution in [2.45, 2.75) is 17.4 Å². The first-order valence-electron chi connectivity index (χ1n) is 5.37. The maximum atomic E-state index is 11.8. The molecule has 0 aliphatic heterocycles. The molecule has 0 radical (unpaired) electrons. The Bertz CT molecular complexity index is 419. The van der Waals surface area contributed by atoms with Gasteiger partial charge < -0.3 is 15.5 Å². The van der Waals surface area contributed by atoms with E-state index >= 15 is 0 Å². The van der Waals surface area contributed by atoms with E-state index in [1.807, 2.05) is 6.26 Å². The topological polar surface area (TPSA) is 86.6 Å². The van der Waals surface area contributed by atoms with E-state index in [0.29, 0.717) is 5.56 Å².